The monoisotopic (exact) mass is 428 g/mol. The van der Waals surface area contributed by atoms with Crippen LogP contribution in [0.4, 0.5) is 0 Å². The quantitative estimate of drug-likeness (QED) is 0.569. The first-order valence-corrected chi connectivity index (χ1v) is 11.7. The molecule has 5 nitrogen and oxygen atoms in total. The van der Waals surface area contributed by atoms with Gasteiger partial charge in [-0.05, 0) is 54.2 Å². The molecule has 1 aliphatic carbocycles. The Kier molecular flexibility index (Phi) is 5.15. The minimum absolute atomic E-state index is 0.0212. The van der Waals surface area contributed by atoms with Gasteiger partial charge in [-0.25, -0.2) is 9.67 Å². The lowest BCUT2D eigenvalue weighted by Crippen LogP contribution is -2.38. The molecule has 1 aliphatic heterocycles. The van der Waals surface area contributed by atoms with Crippen molar-refractivity contribution >= 4 is 5.91 Å². The van der Waals surface area contributed by atoms with E-state index >= 15 is 0 Å². The first-order valence-electron chi connectivity index (χ1n) is 11.7. The second kappa shape index (κ2) is 7.88. The zero-order chi connectivity index (χ0) is 22.3. The van der Waals surface area contributed by atoms with Crippen LogP contribution in [0.5, 0.6) is 0 Å². The van der Waals surface area contributed by atoms with Gasteiger partial charge in [-0.1, -0.05) is 69.3 Å². The number of fused-ring (bicyclic) bond motifs is 2. The van der Waals surface area contributed by atoms with Crippen molar-refractivity contribution in [2.45, 2.75) is 58.9 Å². The van der Waals surface area contributed by atoms with E-state index in [4.69, 9.17) is 10.1 Å². The van der Waals surface area contributed by atoms with E-state index in [0.717, 1.165) is 50.2 Å². The molecule has 1 amide bonds. The van der Waals surface area contributed by atoms with Crippen LogP contribution in [0.3, 0.4) is 0 Å². The molecule has 2 atom stereocenters. The lowest BCUT2D eigenvalue weighted by Gasteiger charge is -2.39. The molecule has 2 fully saturated rings. The van der Waals surface area contributed by atoms with Crippen LogP contribution in [-0.2, 0) is 12.8 Å². The fourth-order valence-corrected chi connectivity index (χ4v) is 6.10. The predicted molar refractivity (Wildman–Crippen MR) is 126 cm³/mol. The van der Waals surface area contributed by atoms with Crippen LogP contribution >= 0.6 is 0 Å². The average molecular weight is 429 g/mol. The Bertz CT molecular complexity index is 1110. The molecule has 0 spiro atoms. The lowest BCUT2D eigenvalue weighted by atomic mass is 9.65. The predicted octanol–water partition coefficient (Wildman–Crippen LogP) is 5.09. The molecule has 0 unspecified atom stereocenters. The van der Waals surface area contributed by atoms with E-state index in [-0.39, 0.29) is 22.8 Å². The summed E-state index contributed by atoms with van der Waals surface area (Å²) in [4.78, 5) is 20.4. The number of aromatic nitrogens is 3. The summed E-state index contributed by atoms with van der Waals surface area (Å²) in [6, 6.07) is 20.7. The number of nitrogens with zero attached hydrogens (tertiary/aromatic N) is 4. The number of para-hydroxylation sites is 1. The number of carbonyl (C=O) groups excluding carboxylic acids is 1. The molecule has 2 aromatic carbocycles. The summed E-state index contributed by atoms with van der Waals surface area (Å²) < 4.78 is 1.85. The lowest BCUT2D eigenvalue weighted by molar-refractivity contribution is 0.0696. The highest BCUT2D eigenvalue weighted by molar-refractivity contribution is 5.91. The van der Waals surface area contributed by atoms with Gasteiger partial charge in [0.05, 0.1) is 5.69 Å². The third kappa shape index (κ3) is 4.08. The molecular weight excluding hydrogens is 396 g/mol. The van der Waals surface area contributed by atoms with Gasteiger partial charge in [0.25, 0.3) is 5.91 Å². The van der Waals surface area contributed by atoms with E-state index in [9.17, 15) is 4.79 Å². The number of benzene rings is 2. The molecule has 0 N–H and O–H groups in total. The van der Waals surface area contributed by atoms with E-state index in [2.05, 4.69) is 49.9 Å². The second-order valence-electron chi connectivity index (χ2n) is 10.7. The molecule has 1 saturated carbocycles. The van der Waals surface area contributed by atoms with Gasteiger partial charge in [-0.15, -0.1) is 5.10 Å². The number of hydrogen-bond donors (Lipinski definition) is 0. The zero-order valence-corrected chi connectivity index (χ0v) is 19.3. The van der Waals surface area contributed by atoms with Crippen LogP contribution in [-0.4, -0.2) is 38.2 Å². The molecule has 5 rings (SSSR count). The third-order valence-electron chi connectivity index (χ3n) is 7.02. The number of amides is 1. The van der Waals surface area contributed by atoms with Gasteiger partial charge in [0.15, 0.2) is 0 Å². The maximum absolute atomic E-state index is 13.6. The minimum atomic E-state index is -0.0212. The maximum Gasteiger partial charge on any atom is 0.293 e. The molecule has 2 aliphatic rings. The van der Waals surface area contributed by atoms with Crippen LogP contribution in [0.15, 0.2) is 60.7 Å². The van der Waals surface area contributed by atoms with E-state index in [1.165, 1.54) is 5.56 Å². The number of rotatable bonds is 5. The van der Waals surface area contributed by atoms with Gasteiger partial charge in [-0.2, -0.15) is 0 Å². The van der Waals surface area contributed by atoms with Crippen LogP contribution in [0.1, 0.15) is 62.0 Å². The van der Waals surface area contributed by atoms with Crippen molar-refractivity contribution in [2.24, 2.45) is 10.8 Å². The Labute approximate surface area is 190 Å². The SMILES string of the molecule is CC1(C)C[C@H]2C[C@@](C)(CN2C(=O)c2nc(CCc3ccccc3)n(-c3ccccc3)n2)C1. The van der Waals surface area contributed by atoms with Crippen molar-refractivity contribution < 1.29 is 4.79 Å². The molecule has 1 saturated heterocycles. The van der Waals surface area contributed by atoms with E-state index in [0.29, 0.717) is 5.82 Å². The largest absolute Gasteiger partial charge is 0.332 e. The highest BCUT2D eigenvalue weighted by Gasteiger charge is 2.51. The Hall–Kier alpha value is -2.95. The summed E-state index contributed by atoms with van der Waals surface area (Å²) in [5, 5.41) is 4.72. The number of hydrogen-bond acceptors (Lipinski definition) is 3. The molecule has 1 aromatic heterocycles. The van der Waals surface area contributed by atoms with Crippen LogP contribution in [0.2, 0.25) is 0 Å². The normalized spacial score (nSPS) is 24.0. The Morgan fingerprint density at radius 1 is 0.969 bits per heavy atom. The molecule has 32 heavy (non-hydrogen) atoms. The van der Waals surface area contributed by atoms with E-state index < -0.39 is 0 Å². The summed E-state index contributed by atoms with van der Waals surface area (Å²) >= 11 is 0. The average Bonchev–Trinajstić information content (AvgIpc) is 3.30. The molecule has 0 radical (unpaired) electrons. The van der Waals surface area contributed by atoms with Crippen molar-refractivity contribution in [3.63, 3.8) is 0 Å². The Morgan fingerprint density at radius 2 is 1.66 bits per heavy atom. The smallest absolute Gasteiger partial charge is 0.293 e. The summed E-state index contributed by atoms with van der Waals surface area (Å²) in [6.07, 6.45) is 4.89. The Morgan fingerprint density at radius 3 is 2.38 bits per heavy atom. The van der Waals surface area contributed by atoms with Gasteiger partial charge in [0.2, 0.25) is 5.82 Å². The molecule has 3 aromatic rings. The topological polar surface area (TPSA) is 51.0 Å². The van der Waals surface area contributed by atoms with Crippen LogP contribution in [0.25, 0.3) is 5.69 Å². The van der Waals surface area contributed by atoms with Crippen molar-refractivity contribution in [1.82, 2.24) is 19.7 Å². The first-order chi connectivity index (χ1) is 15.3. The highest BCUT2D eigenvalue weighted by atomic mass is 16.2. The number of aryl methyl sites for hydroxylation is 2. The summed E-state index contributed by atoms with van der Waals surface area (Å²) in [7, 11) is 0. The number of likely N-dealkylation sites (tertiary alicyclic amines) is 1. The highest BCUT2D eigenvalue weighted by Crippen LogP contribution is 2.52. The molecule has 2 heterocycles. The second-order valence-corrected chi connectivity index (χ2v) is 10.7. The number of carbonyl (C=O) groups is 1. The fraction of sp³-hybridized carbons (Fsp3) is 0.444. The van der Waals surface area contributed by atoms with Crippen LogP contribution < -0.4 is 0 Å². The van der Waals surface area contributed by atoms with Crippen molar-refractivity contribution in [3.05, 3.63) is 77.9 Å². The van der Waals surface area contributed by atoms with Gasteiger partial charge in [0.1, 0.15) is 5.82 Å². The maximum atomic E-state index is 13.6. The van der Waals surface area contributed by atoms with Gasteiger partial charge in [-0.3, -0.25) is 4.79 Å². The third-order valence-corrected chi connectivity index (χ3v) is 7.02. The zero-order valence-electron chi connectivity index (χ0n) is 19.3. The van der Waals surface area contributed by atoms with Crippen molar-refractivity contribution in [3.8, 4) is 5.69 Å². The standard InChI is InChI=1S/C27H32N4O/c1-26(2)16-22-17-27(3,18-26)19-30(22)25(32)24-28-23(15-14-20-10-6-4-7-11-20)31(29-24)21-12-8-5-9-13-21/h4-13,22H,14-19H2,1-3H3/t22-,27+/m0/s1. The van der Waals surface area contributed by atoms with Gasteiger partial charge in [0, 0.05) is 19.0 Å². The van der Waals surface area contributed by atoms with Gasteiger partial charge < -0.3 is 4.90 Å². The van der Waals surface area contributed by atoms with Crippen LogP contribution in [0, 0.1) is 10.8 Å². The molecule has 5 heteroatoms. The van der Waals surface area contributed by atoms with E-state index in [1.807, 2.05) is 41.1 Å². The van der Waals surface area contributed by atoms with Crippen molar-refractivity contribution in [2.75, 3.05) is 6.54 Å². The van der Waals surface area contributed by atoms with Crippen molar-refractivity contribution in [1.29, 1.82) is 0 Å². The molecular formula is C27H32N4O. The fourth-order valence-electron chi connectivity index (χ4n) is 6.10. The first kappa shape index (κ1) is 20.9. The summed E-state index contributed by atoms with van der Waals surface area (Å²) in [6.45, 7) is 7.79. The summed E-state index contributed by atoms with van der Waals surface area (Å²) in [5.74, 6) is 1.13. The Balaban J connectivity index is 1.44. The molecule has 166 valence electrons. The summed E-state index contributed by atoms with van der Waals surface area (Å²) in [5.41, 5.74) is 2.66. The molecule has 2 bridgehead atoms. The van der Waals surface area contributed by atoms with Gasteiger partial charge >= 0.3 is 0 Å². The minimum Gasteiger partial charge on any atom is -0.332 e. The van der Waals surface area contributed by atoms with E-state index in [1.54, 1.807) is 0 Å².